The third kappa shape index (κ3) is 2.97. The topological polar surface area (TPSA) is 63.4 Å². The Hall–Kier alpha value is -1.84. The monoisotopic (exact) mass is 554 g/mol. The van der Waals surface area contributed by atoms with Crippen molar-refractivity contribution in [1.82, 2.24) is 4.98 Å². The van der Waals surface area contributed by atoms with Gasteiger partial charge in [0.05, 0.1) is 17.3 Å². The van der Waals surface area contributed by atoms with E-state index in [1.807, 2.05) is 13.0 Å². The SMILES string of the molecule is CCOc1ccc(N2C(=O)c3cnc4c(Br)cc(Br)cc4[n+]3C2=O)cc1Br. The molecule has 9 heteroatoms. The number of hydrogen-bond acceptors (Lipinski definition) is 4. The van der Waals surface area contributed by atoms with Crippen LogP contribution in [0.25, 0.3) is 11.0 Å². The minimum atomic E-state index is -0.455. The van der Waals surface area contributed by atoms with Gasteiger partial charge in [-0.3, -0.25) is 0 Å². The van der Waals surface area contributed by atoms with Crippen molar-refractivity contribution in [2.75, 3.05) is 11.5 Å². The van der Waals surface area contributed by atoms with Gasteiger partial charge in [0.15, 0.2) is 5.52 Å². The predicted octanol–water partition coefficient (Wildman–Crippen LogP) is 4.84. The Morgan fingerprint density at radius 1 is 1.11 bits per heavy atom. The second kappa shape index (κ2) is 6.96. The lowest BCUT2D eigenvalue weighted by Crippen LogP contribution is -2.46. The van der Waals surface area contributed by atoms with Gasteiger partial charge in [-0.05, 0) is 57.0 Å². The molecule has 3 aromatic rings. The van der Waals surface area contributed by atoms with E-state index in [9.17, 15) is 9.59 Å². The van der Waals surface area contributed by atoms with Gasteiger partial charge in [-0.15, -0.1) is 9.47 Å². The summed E-state index contributed by atoms with van der Waals surface area (Å²) in [5, 5.41) is 0. The summed E-state index contributed by atoms with van der Waals surface area (Å²) in [6.45, 7) is 2.40. The van der Waals surface area contributed by atoms with Crippen LogP contribution in [-0.2, 0) is 0 Å². The molecule has 1 aliphatic rings. The van der Waals surface area contributed by atoms with E-state index in [4.69, 9.17) is 4.74 Å². The van der Waals surface area contributed by atoms with Crippen LogP contribution in [0, 0.1) is 0 Å². The molecule has 27 heavy (non-hydrogen) atoms. The van der Waals surface area contributed by atoms with Gasteiger partial charge in [0.1, 0.15) is 17.0 Å². The summed E-state index contributed by atoms with van der Waals surface area (Å²) >= 11 is 10.3. The zero-order valence-corrected chi connectivity index (χ0v) is 18.6. The molecule has 2 heterocycles. The number of amides is 2. The van der Waals surface area contributed by atoms with E-state index >= 15 is 0 Å². The second-order valence-electron chi connectivity index (χ2n) is 5.71. The maximum atomic E-state index is 13.1. The standard InChI is InChI=1S/C18H11Br3N3O3/c1-2-27-15-4-3-10(7-11(15)20)23-17(25)14-8-22-16-12(21)5-9(19)6-13(16)24(14)18(23)26/h3-8H,2H2,1H3/q+1. The highest BCUT2D eigenvalue weighted by atomic mass is 79.9. The minimum absolute atomic E-state index is 0.211. The first-order valence-electron chi connectivity index (χ1n) is 7.93. The van der Waals surface area contributed by atoms with E-state index in [1.165, 1.54) is 10.8 Å². The van der Waals surface area contributed by atoms with Gasteiger partial charge in [-0.2, -0.15) is 4.79 Å². The normalized spacial score (nSPS) is 13.4. The minimum Gasteiger partial charge on any atom is -0.493 e. The Morgan fingerprint density at radius 3 is 2.59 bits per heavy atom. The largest absolute Gasteiger partial charge is 0.512 e. The first-order chi connectivity index (χ1) is 12.9. The fraction of sp³-hybridized carbons (Fsp3) is 0.111. The van der Waals surface area contributed by atoms with Crippen molar-refractivity contribution in [3.63, 3.8) is 0 Å². The van der Waals surface area contributed by atoms with Crippen LogP contribution >= 0.6 is 47.8 Å². The fourth-order valence-corrected chi connectivity index (χ4v) is 4.74. The van der Waals surface area contributed by atoms with Gasteiger partial charge in [0.25, 0.3) is 0 Å². The maximum absolute atomic E-state index is 13.1. The summed E-state index contributed by atoms with van der Waals surface area (Å²) in [5.74, 6) is 0.215. The lowest BCUT2D eigenvalue weighted by molar-refractivity contribution is -0.537. The van der Waals surface area contributed by atoms with E-state index in [1.54, 1.807) is 24.3 Å². The Bertz CT molecular complexity index is 1130. The van der Waals surface area contributed by atoms with Crippen LogP contribution < -0.4 is 14.2 Å². The van der Waals surface area contributed by atoms with E-state index in [-0.39, 0.29) is 5.69 Å². The summed E-state index contributed by atoms with van der Waals surface area (Å²) < 4.78 is 9.03. The van der Waals surface area contributed by atoms with E-state index in [2.05, 4.69) is 52.8 Å². The van der Waals surface area contributed by atoms with Crippen LogP contribution in [0.15, 0.2) is 49.9 Å². The molecular weight excluding hydrogens is 546 g/mol. The van der Waals surface area contributed by atoms with Gasteiger partial charge in [0, 0.05) is 21.1 Å². The van der Waals surface area contributed by atoms with Crippen molar-refractivity contribution in [2.24, 2.45) is 0 Å². The van der Waals surface area contributed by atoms with E-state index in [0.29, 0.717) is 33.5 Å². The van der Waals surface area contributed by atoms with Crippen LogP contribution in [0.3, 0.4) is 0 Å². The van der Waals surface area contributed by atoms with Crippen molar-refractivity contribution in [3.05, 3.63) is 55.6 Å². The van der Waals surface area contributed by atoms with Gasteiger partial charge >= 0.3 is 11.9 Å². The second-order valence-corrected chi connectivity index (χ2v) is 8.33. The van der Waals surface area contributed by atoms with Gasteiger partial charge in [0.2, 0.25) is 5.69 Å². The van der Waals surface area contributed by atoms with Crippen molar-refractivity contribution in [2.45, 2.75) is 6.92 Å². The zero-order valence-electron chi connectivity index (χ0n) is 13.9. The number of hydrogen-bond donors (Lipinski definition) is 0. The predicted molar refractivity (Wildman–Crippen MR) is 110 cm³/mol. The number of benzene rings is 2. The van der Waals surface area contributed by atoms with Gasteiger partial charge < -0.3 is 4.74 Å². The van der Waals surface area contributed by atoms with Crippen LogP contribution in [0.4, 0.5) is 10.5 Å². The summed E-state index contributed by atoms with van der Waals surface area (Å²) in [7, 11) is 0. The third-order valence-corrected chi connectivity index (χ3v) is 5.77. The molecule has 2 amide bonds. The molecule has 0 spiro atoms. The molecular formula is C18H11Br3N3O3+. The molecule has 0 aliphatic carbocycles. The van der Waals surface area contributed by atoms with E-state index in [0.717, 1.165) is 13.8 Å². The average Bonchev–Trinajstić information content (AvgIpc) is 2.88. The van der Waals surface area contributed by atoms with Crippen molar-refractivity contribution in [3.8, 4) is 5.75 Å². The number of carbonyl (C=O) groups is 2. The Labute approximate surface area is 179 Å². The van der Waals surface area contributed by atoms with Crippen LogP contribution in [-0.4, -0.2) is 23.5 Å². The molecule has 1 aliphatic heterocycles. The summed E-state index contributed by atoms with van der Waals surface area (Å²) in [6, 6.07) is 8.24. The molecule has 136 valence electrons. The number of halogens is 3. The maximum Gasteiger partial charge on any atom is 0.512 e. The summed E-state index contributed by atoms with van der Waals surface area (Å²) in [5.41, 5.74) is 1.80. The van der Waals surface area contributed by atoms with Crippen LogP contribution in [0.5, 0.6) is 5.75 Å². The zero-order chi connectivity index (χ0) is 19.3. The highest BCUT2D eigenvalue weighted by Crippen LogP contribution is 2.32. The lowest BCUT2D eigenvalue weighted by atomic mass is 10.2. The molecule has 1 aromatic heterocycles. The van der Waals surface area contributed by atoms with Gasteiger partial charge in [-0.25, -0.2) is 9.78 Å². The van der Waals surface area contributed by atoms with Crippen molar-refractivity contribution in [1.29, 1.82) is 0 Å². The molecule has 0 unspecified atom stereocenters. The first kappa shape index (κ1) is 18.5. The molecule has 0 saturated heterocycles. The molecule has 0 N–H and O–H groups in total. The highest BCUT2D eigenvalue weighted by Gasteiger charge is 2.48. The van der Waals surface area contributed by atoms with E-state index < -0.39 is 11.9 Å². The van der Waals surface area contributed by atoms with Crippen molar-refractivity contribution >= 4 is 76.4 Å². The molecule has 4 rings (SSSR count). The number of imide groups is 1. The smallest absolute Gasteiger partial charge is 0.493 e. The number of nitrogens with zero attached hydrogens (tertiary/aromatic N) is 3. The Morgan fingerprint density at radius 2 is 1.89 bits per heavy atom. The average molecular weight is 557 g/mol. The molecule has 0 bridgehead atoms. The number of ether oxygens (including phenoxy) is 1. The number of rotatable bonds is 3. The number of carbonyl (C=O) groups excluding carboxylic acids is 2. The molecule has 0 fully saturated rings. The molecule has 6 nitrogen and oxygen atoms in total. The van der Waals surface area contributed by atoms with Crippen molar-refractivity contribution < 1.29 is 18.9 Å². The fourth-order valence-electron chi connectivity index (χ4n) is 2.95. The van der Waals surface area contributed by atoms with Gasteiger partial charge in [-0.1, -0.05) is 15.9 Å². The number of fused-ring (bicyclic) bond motifs is 3. The molecule has 0 atom stereocenters. The quantitative estimate of drug-likeness (QED) is 0.433. The summed E-state index contributed by atoms with van der Waals surface area (Å²) in [6.07, 6.45) is 1.42. The first-order valence-corrected chi connectivity index (χ1v) is 10.3. The highest BCUT2D eigenvalue weighted by molar-refractivity contribution is 9.11. The summed E-state index contributed by atoms with van der Waals surface area (Å²) in [4.78, 5) is 31.5. The Balaban J connectivity index is 1.86. The Kier molecular flexibility index (Phi) is 4.77. The number of aromatic nitrogens is 2. The van der Waals surface area contributed by atoms with Crippen LogP contribution in [0.1, 0.15) is 17.4 Å². The number of anilines is 1. The third-order valence-electron chi connectivity index (χ3n) is 4.08. The molecule has 0 saturated carbocycles. The lowest BCUT2D eigenvalue weighted by Gasteiger charge is -2.09. The molecule has 2 aromatic carbocycles. The molecule has 0 radical (unpaired) electrons. The van der Waals surface area contributed by atoms with Crippen LogP contribution in [0.2, 0.25) is 0 Å².